The fraction of sp³-hybridized carbons (Fsp3) is 0.438. The van der Waals surface area contributed by atoms with E-state index in [4.69, 9.17) is 9.47 Å². The maximum Gasteiger partial charge on any atom is 0.243 e. The number of ether oxygens (including phenoxy) is 2. The van der Waals surface area contributed by atoms with E-state index in [2.05, 4.69) is 26.1 Å². The molecular weight excluding hydrogens is 524 g/mol. The summed E-state index contributed by atoms with van der Waals surface area (Å²) in [5.41, 5.74) is 2.21. The highest BCUT2D eigenvalue weighted by atomic mass is 32.2. The first-order valence-corrected chi connectivity index (χ1v) is 15.4. The molecule has 0 amide bonds. The second-order valence-electron chi connectivity index (χ2n) is 11.5. The van der Waals surface area contributed by atoms with Gasteiger partial charge in [0.1, 0.15) is 30.8 Å². The molecule has 1 saturated heterocycles. The van der Waals surface area contributed by atoms with Crippen molar-refractivity contribution in [2.45, 2.75) is 56.6 Å². The molecule has 0 radical (unpaired) electrons. The van der Waals surface area contributed by atoms with Crippen LogP contribution in [0.2, 0.25) is 0 Å². The van der Waals surface area contributed by atoms with Crippen LogP contribution in [0.5, 0.6) is 11.5 Å². The minimum atomic E-state index is -3.49. The fourth-order valence-corrected chi connectivity index (χ4v) is 6.18. The molecule has 216 valence electrons. The van der Waals surface area contributed by atoms with Gasteiger partial charge in [0.05, 0.1) is 4.90 Å². The monoisotopic (exact) mass is 566 g/mol. The van der Waals surface area contributed by atoms with Gasteiger partial charge in [0.15, 0.2) is 0 Å². The van der Waals surface area contributed by atoms with Gasteiger partial charge in [-0.05, 0) is 78.2 Å². The summed E-state index contributed by atoms with van der Waals surface area (Å²) in [6.07, 6.45) is 0.931. The summed E-state index contributed by atoms with van der Waals surface area (Å²) >= 11 is 0. The van der Waals surface area contributed by atoms with Crippen LogP contribution < -0.4 is 14.8 Å². The summed E-state index contributed by atoms with van der Waals surface area (Å²) in [5.74, 6) is 1.80. The Morgan fingerprint density at radius 1 is 0.900 bits per heavy atom. The Morgan fingerprint density at radius 3 is 2.10 bits per heavy atom. The van der Waals surface area contributed by atoms with Crippen LogP contribution >= 0.6 is 0 Å². The lowest BCUT2D eigenvalue weighted by molar-refractivity contribution is 0.104. The smallest absolute Gasteiger partial charge is 0.243 e. The average molecular weight is 567 g/mol. The van der Waals surface area contributed by atoms with E-state index in [1.807, 2.05) is 66.7 Å². The van der Waals surface area contributed by atoms with Crippen LogP contribution in [-0.2, 0) is 22.0 Å². The number of benzene rings is 3. The maximum atomic E-state index is 13.1. The van der Waals surface area contributed by atoms with Crippen molar-refractivity contribution >= 4 is 10.0 Å². The van der Waals surface area contributed by atoms with E-state index in [9.17, 15) is 13.5 Å². The van der Waals surface area contributed by atoms with Crippen LogP contribution in [0.25, 0.3) is 0 Å². The molecular formula is C32H42N2O5S. The molecule has 1 heterocycles. The highest BCUT2D eigenvalue weighted by molar-refractivity contribution is 7.89. The molecule has 3 aromatic carbocycles. The number of nitrogens with one attached hydrogen (secondary N) is 1. The van der Waals surface area contributed by atoms with Crippen molar-refractivity contribution in [3.8, 4) is 11.5 Å². The SMILES string of the molecule is CC(C)(C)c1ccc(S(=O)(=O)N2CCC(CNC[C@H](O)COc3ccc(OCc4ccccc4)cc3)CC2)cc1. The normalized spacial score (nSPS) is 16.0. The van der Waals surface area contributed by atoms with Crippen molar-refractivity contribution in [1.29, 1.82) is 0 Å². The number of rotatable bonds is 12. The Kier molecular flexibility index (Phi) is 10.2. The summed E-state index contributed by atoms with van der Waals surface area (Å²) in [5, 5.41) is 13.7. The van der Waals surface area contributed by atoms with Gasteiger partial charge in [-0.1, -0.05) is 63.2 Å². The number of sulfonamides is 1. The Balaban J connectivity index is 1.12. The van der Waals surface area contributed by atoms with Gasteiger partial charge in [0.25, 0.3) is 0 Å². The van der Waals surface area contributed by atoms with E-state index in [1.54, 1.807) is 16.4 Å². The molecule has 1 fully saturated rings. The molecule has 0 unspecified atom stereocenters. The third kappa shape index (κ3) is 8.54. The van der Waals surface area contributed by atoms with Gasteiger partial charge in [-0.25, -0.2) is 8.42 Å². The largest absolute Gasteiger partial charge is 0.491 e. The Morgan fingerprint density at radius 2 is 1.50 bits per heavy atom. The number of nitrogens with zero attached hydrogens (tertiary/aromatic N) is 1. The number of piperidine rings is 1. The summed E-state index contributed by atoms with van der Waals surface area (Å²) in [4.78, 5) is 0.356. The van der Waals surface area contributed by atoms with Crippen molar-refractivity contribution in [2.24, 2.45) is 5.92 Å². The molecule has 3 aromatic rings. The van der Waals surface area contributed by atoms with Crippen molar-refractivity contribution in [3.63, 3.8) is 0 Å². The minimum Gasteiger partial charge on any atom is -0.491 e. The van der Waals surface area contributed by atoms with Gasteiger partial charge >= 0.3 is 0 Å². The van der Waals surface area contributed by atoms with E-state index < -0.39 is 16.1 Å². The first kappa shape index (κ1) is 30.1. The summed E-state index contributed by atoms with van der Waals surface area (Å²) in [6, 6.07) is 24.6. The van der Waals surface area contributed by atoms with E-state index in [0.717, 1.165) is 36.3 Å². The van der Waals surface area contributed by atoms with Gasteiger partial charge < -0.3 is 19.9 Å². The highest BCUT2D eigenvalue weighted by Crippen LogP contribution is 2.27. The molecule has 1 aliphatic rings. The molecule has 0 bridgehead atoms. The molecule has 8 heteroatoms. The summed E-state index contributed by atoms with van der Waals surface area (Å²) in [7, 11) is -3.49. The van der Waals surface area contributed by atoms with Crippen LogP contribution in [-0.4, -0.2) is 56.7 Å². The lowest BCUT2D eigenvalue weighted by Gasteiger charge is -2.31. The third-order valence-electron chi connectivity index (χ3n) is 7.26. The molecule has 0 aliphatic carbocycles. The second-order valence-corrected chi connectivity index (χ2v) is 13.4. The quantitative estimate of drug-likeness (QED) is 0.321. The molecule has 40 heavy (non-hydrogen) atoms. The minimum absolute atomic E-state index is 0.0168. The molecule has 7 nitrogen and oxygen atoms in total. The van der Waals surface area contributed by atoms with E-state index in [1.165, 1.54) is 0 Å². The predicted molar refractivity (Wildman–Crippen MR) is 158 cm³/mol. The zero-order valence-electron chi connectivity index (χ0n) is 23.8. The highest BCUT2D eigenvalue weighted by Gasteiger charge is 2.29. The number of hydrogen-bond acceptors (Lipinski definition) is 6. The zero-order chi connectivity index (χ0) is 28.6. The lowest BCUT2D eigenvalue weighted by Crippen LogP contribution is -2.42. The van der Waals surface area contributed by atoms with Gasteiger partial charge in [-0.2, -0.15) is 4.31 Å². The van der Waals surface area contributed by atoms with Crippen LogP contribution in [0, 0.1) is 5.92 Å². The van der Waals surface area contributed by atoms with Gasteiger partial charge in [0.2, 0.25) is 10.0 Å². The molecule has 4 rings (SSSR count). The standard InChI is InChI=1S/C32H42N2O5S/c1-32(2,3)27-9-15-31(16-10-27)40(36,37)34-19-17-25(18-20-34)21-33-22-28(35)24-39-30-13-11-29(12-14-30)38-23-26-7-5-4-6-8-26/h4-16,25,28,33,35H,17-24H2,1-3H3/t28-/m0/s1. The second kappa shape index (κ2) is 13.6. The Hall–Kier alpha value is -2.91. The van der Waals surface area contributed by atoms with E-state index in [-0.39, 0.29) is 12.0 Å². The zero-order valence-corrected chi connectivity index (χ0v) is 24.6. The molecule has 0 spiro atoms. The third-order valence-corrected chi connectivity index (χ3v) is 9.17. The van der Waals surface area contributed by atoms with Crippen LogP contribution in [0.15, 0.2) is 83.8 Å². The summed E-state index contributed by atoms with van der Waals surface area (Å²) < 4.78 is 39.3. The van der Waals surface area contributed by atoms with Gasteiger partial charge in [-0.15, -0.1) is 0 Å². The molecule has 1 aliphatic heterocycles. The lowest BCUT2D eigenvalue weighted by atomic mass is 9.87. The van der Waals surface area contributed by atoms with Crippen molar-refractivity contribution in [3.05, 3.63) is 90.0 Å². The predicted octanol–water partition coefficient (Wildman–Crippen LogP) is 4.99. The van der Waals surface area contributed by atoms with E-state index in [0.29, 0.717) is 42.8 Å². The van der Waals surface area contributed by atoms with Crippen LogP contribution in [0.4, 0.5) is 0 Å². The maximum absolute atomic E-state index is 13.1. The van der Waals surface area contributed by atoms with E-state index >= 15 is 0 Å². The van der Waals surface area contributed by atoms with Crippen molar-refractivity contribution < 1.29 is 23.0 Å². The topological polar surface area (TPSA) is 88.1 Å². The van der Waals surface area contributed by atoms with Gasteiger partial charge in [0, 0.05) is 19.6 Å². The molecule has 2 N–H and O–H groups in total. The van der Waals surface area contributed by atoms with Gasteiger partial charge in [-0.3, -0.25) is 0 Å². The summed E-state index contributed by atoms with van der Waals surface area (Å²) in [6.45, 7) is 9.19. The number of aliphatic hydroxyl groups excluding tert-OH is 1. The Labute approximate surface area is 239 Å². The first-order chi connectivity index (χ1) is 19.1. The number of hydrogen-bond donors (Lipinski definition) is 2. The van der Waals surface area contributed by atoms with Crippen LogP contribution in [0.1, 0.15) is 44.7 Å². The molecule has 1 atom stereocenters. The van der Waals surface area contributed by atoms with Crippen molar-refractivity contribution in [1.82, 2.24) is 9.62 Å². The first-order valence-electron chi connectivity index (χ1n) is 14.0. The Bertz CT molecular complexity index is 1280. The number of aliphatic hydroxyl groups is 1. The van der Waals surface area contributed by atoms with Crippen molar-refractivity contribution in [2.75, 3.05) is 32.8 Å². The average Bonchev–Trinajstić information content (AvgIpc) is 2.96. The fourth-order valence-electron chi connectivity index (χ4n) is 4.71. The molecule has 0 saturated carbocycles. The van der Waals surface area contributed by atoms with Crippen LogP contribution in [0.3, 0.4) is 0 Å². The molecule has 0 aromatic heterocycles.